The molecule has 104 valence electrons. The van der Waals surface area contributed by atoms with Crippen LogP contribution in [0.4, 0.5) is 11.8 Å². The predicted molar refractivity (Wildman–Crippen MR) is 75.4 cm³/mol. The number of anilines is 2. The lowest BCUT2D eigenvalue weighted by Crippen LogP contribution is -2.33. The van der Waals surface area contributed by atoms with E-state index in [2.05, 4.69) is 44.0 Å². The maximum Gasteiger partial charge on any atom is 0.226 e. The Morgan fingerprint density at radius 3 is 2.84 bits per heavy atom. The highest BCUT2D eigenvalue weighted by Gasteiger charge is 2.18. The Morgan fingerprint density at radius 1 is 1.42 bits per heavy atom. The quantitative estimate of drug-likeness (QED) is 0.721. The molecule has 19 heavy (non-hydrogen) atoms. The Morgan fingerprint density at radius 2 is 2.21 bits per heavy atom. The lowest BCUT2D eigenvalue weighted by atomic mass is 10.2. The number of nitrogens with one attached hydrogen (secondary N) is 2. The van der Waals surface area contributed by atoms with E-state index in [0.717, 1.165) is 17.9 Å². The Kier molecular flexibility index (Phi) is 4.16. The minimum absolute atomic E-state index is 0.166. The van der Waals surface area contributed by atoms with Gasteiger partial charge in [0.1, 0.15) is 5.52 Å². The molecule has 7 heteroatoms. The van der Waals surface area contributed by atoms with Gasteiger partial charge in [0.2, 0.25) is 5.95 Å². The summed E-state index contributed by atoms with van der Waals surface area (Å²) in [5.41, 5.74) is 1.47. The van der Waals surface area contributed by atoms with Gasteiger partial charge in [0.25, 0.3) is 0 Å². The zero-order chi connectivity index (χ0) is 13.8. The Balaban J connectivity index is 2.47. The van der Waals surface area contributed by atoms with Gasteiger partial charge in [-0.15, -0.1) is 0 Å². The van der Waals surface area contributed by atoms with E-state index in [1.54, 1.807) is 13.4 Å². The third-order valence-corrected chi connectivity index (χ3v) is 2.94. The molecule has 0 saturated carbocycles. The third kappa shape index (κ3) is 2.76. The molecule has 0 fully saturated rings. The van der Waals surface area contributed by atoms with Crippen molar-refractivity contribution in [2.75, 3.05) is 30.4 Å². The fourth-order valence-electron chi connectivity index (χ4n) is 1.99. The van der Waals surface area contributed by atoms with Crippen molar-refractivity contribution < 1.29 is 5.11 Å². The number of hydrogen-bond acceptors (Lipinski definition) is 6. The van der Waals surface area contributed by atoms with E-state index in [-0.39, 0.29) is 12.6 Å². The van der Waals surface area contributed by atoms with Crippen LogP contribution in [0.25, 0.3) is 11.2 Å². The summed E-state index contributed by atoms with van der Waals surface area (Å²) in [6, 6.07) is 0.276. The van der Waals surface area contributed by atoms with E-state index < -0.39 is 0 Å². The minimum Gasteiger partial charge on any atom is -0.396 e. The van der Waals surface area contributed by atoms with Crippen LogP contribution in [-0.2, 0) is 0 Å². The number of H-pyrrole nitrogens is 1. The first-order chi connectivity index (χ1) is 9.17. The summed E-state index contributed by atoms with van der Waals surface area (Å²) in [5, 5.41) is 12.0. The minimum atomic E-state index is 0.166. The van der Waals surface area contributed by atoms with Crippen LogP contribution in [0.5, 0.6) is 0 Å². The van der Waals surface area contributed by atoms with E-state index >= 15 is 0 Å². The highest BCUT2D eigenvalue weighted by atomic mass is 16.3. The molecule has 0 amide bonds. The van der Waals surface area contributed by atoms with Crippen LogP contribution in [0.15, 0.2) is 6.33 Å². The topological polar surface area (TPSA) is 90.0 Å². The zero-order valence-electron chi connectivity index (χ0n) is 11.5. The third-order valence-electron chi connectivity index (χ3n) is 2.94. The maximum absolute atomic E-state index is 9.03. The molecule has 7 nitrogen and oxygen atoms in total. The summed E-state index contributed by atoms with van der Waals surface area (Å²) in [6.45, 7) is 5.10. The zero-order valence-corrected chi connectivity index (χ0v) is 11.5. The molecule has 0 saturated heterocycles. The van der Waals surface area contributed by atoms with Crippen LogP contribution in [-0.4, -0.2) is 51.3 Å². The largest absolute Gasteiger partial charge is 0.396 e. The van der Waals surface area contributed by atoms with Crippen molar-refractivity contribution in [2.45, 2.75) is 26.3 Å². The monoisotopic (exact) mass is 264 g/mol. The van der Waals surface area contributed by atoms with Crippen molar-refractivity contribution in [3.8, 4) is 0 Å². The number of fused-ring (bicyclic) bond motifs is 1. The van der Waals surface area contributed by atoms with Gasteiger partial charge in [-0.05, 0) is 20.3 Å². The number of hydrogen-bond donors (Lipinski definition) is 3. The second-order valence-electron chi connectivity index (χ2n) is 4.59. The van der Waals surface area contributed by atoms with Gasteiger partial charge in [-0.2, -0.15) is 9.97 Å². The van der Waals surface area contributed by atoms with Crippen molar-refractivity contribution >= 4 is 22.9 Å². The smallest absolute Gasteiger partial charge is 0.226 e. The molecule has 2 heterocycles. The molecular formula is C12H20N6O. The van der Waals surface area contributed by atoms with Crippen LogP contribution in [0.2, 0.25) is 0 Å². The number of aliphatic hydroxyl groups excluding tert-OH is 1. The molecule has 3 N–H and O–H groups in total. The number of rotatable bonds is 6. The fraction of sp³-hybridized carbons (Fsp3) is 0.583. The van der Waals surface area contributed by atoms with Crippen LogP contribution in [0.3, 0.4) is 0 Å². The molecule has 0 aliphatic rings. The molecule has 0 radical (unpaired) electrons. The van der Waals surface area contributed by atoms with Crippen molar-refractivity contribution in [2.24, 2.45) is 0 Å². The van der Waals surface area contributed by atoms with Crippen molar-refractivity contribution in [3.05, 3.63) is 6.33 Å². The first-order valence-corrected chi connectivity index (χ1v) is 6.43. The first kappa shape index (κ1) is 13.5. The van der Waals surface area contributed by atoms with Gasteiger partial charge in [0.15, 0.2) is 11.5 Å². The van der Waals surface area contributed by atoms with Crippen molar-refractivity contribution in [1.82, 2.24) is 19.9 Å². The average Bonchev–Trinajstić information content (AvgIpc) is 2.86. The van der Waals surface area contributed by atoms with E-state index in [0.29, 0.717) is 18.0 Å². The standard InChI is InChI=1S/C12H20N6O/c1-8(2)18(5-4-6-19)11-9-10(15-7-14-9)16-12(13-3)17-11/h7-8,19H,4-6H2,1-3H3,(H2,13,14,15,16,17). The average molecular weight is 264 g/mol. The van der Waals surface area contributed by atoms with Crippen LogP contribution in [0.1, 0.15) is 20.3 Å². The summed E-state index contributed by atoms with van der Waals surface area (Å²) in [6.07, 6.45) is 2.32. The van der Waals surface area contributed by atoms with Gasteiger partial charge in [-0.25, -0.2) is 4.98 Å². The molecule has 0 spiro atoms. The summed E-state index contributed by atoms with van der Waals surface area (Å²) in [4.78, 5) is 18.2. The lowest BCUT2D eigenvalue weighted by molar-refractivity contribution is 0.288. The normalized spacial score (nSPS) is 11.2. The number of aromatic amines is 1. The van der Waals surface area contributed by atoms with Crippen molar-refractivity contribution in [3.63, 3.8) is 0 Å². The molecule has 0 aliphatic heterocycles. The predicted octanol–water partition coefficient (Wildman–Crippen LogP) is 0.992. The Hall–Kier alpha value is -1.89. The van der Waals surface area contributed by atoms with Gasteiger partial charge < -0.3 is 20.3 Å². The van der Waals surface area contributed by atoms with E-state index in [1.807, 2.05) is 0 Å². The lowest BCUT2D eigenvalue weighted by Gasteiger charge is -2.28. The van der Waals surface area contributed by atoms with Gasteiger partial charge >= 0.3 is 0 Å². The fourth-order valence-corrected chi connectivity index (χ4v) is 1.99. The second kappa shape index (κ2) is 5.83. The summed E-state index contributed by atoms with van der Waals surface area (Å²) < 4.78 is 0. The van der Waals surface area contributed by atoms with Gasteiger partial charge in [-0.1, -0.05) is 0 Å². The highest BCUT2D eigenvalue weighted by molar-refractivity contribution is 5.84. The maximum atomic E-state index is 9.03. The molecule has 2 rings (SSSR count). The summed E-state index contributed by atoms with van der Waals surface area (Å²) in [7, 11) is 1.78. The number of aromatic nitrogens is 4. The van der Waals surface area contributed by atoms with Gasteiger partial charge in [0, 0.05) is 26.2 Å². The summed E-state index contributed by atoms with van der Waals surface area (Å²) in [5.74, 6) is 1.36. The van der Waals surface area contributed by atoms with E-state index in [1.165, 1.54) is 0 Å². The number of nitrogens with zero attached hydrogens (tertiary/aromatic N) is 4. The van der Waals surface area contributed by atoms with Crippen molar-refractivity contribution in [1.29, 1.82) is 0 Å². The number of imidazole rings is 1. The van der Waals surface area contributed by atoms with Crippen LogP contribution < -0.4 is 10.2 Å². The van der Waals surface area contributed by atoms with Crippen LogP contribution >= 0.6 is 0 Å². The Bertz CT molecular complexity index is 538. The van der Waals surface area contributed by atoms with E-state index in [4.69, 9.17) is 5.11 Å². The van der Waals surface area contributed by atoms with Crippen LogP contribution in [0, 0.1) is 0 Å². The Labute approximate surface area is 112 Å². The highest BCUT2D eigenvalue weighted by Crippen LogP contribution is 2.24. The van der Waals surface area contributed by atoms with Gasteiger partial charge in [-0.3, -0.25) is 0 Å². The molecular weight excluding hydrogens is 244 g/mol. The SMILES string of the molecule is CNc1nc(N(CCCO)C(C)C)c2[nH]cnc2n1. The molecule has 2 aromatic rings. The molecule has 0 aromatic carbocycles. The molecule has 0 atom stereocenters. The molecule has 0 aliphatic carbocycles. The molecule has 0 bridgehead atoms. The molecule has 2 aromatic heterocycles. The summed E-state index contributed by atoms with van der Waals surface area (Å²) >= 11 is 0. The molecule has 0 unspecified atom stereocenters. The van der Waals surface area contributed by atoms with Gasteiger partial charge in [0.05, 0.1) is 6.33 Å². The first-order valence-electron chi connectivity index (χ1n) is 6.43. The number of aliphatic hydroxyl groups is 1. The van der Waals surface area contributed by atoms with E-state index in [9.17, 15) is 0 Å². The second-order valence-corrected chi connectivity index (χ2v) is 4.59.